The molecular formula is C16H16NO. The summed E-state index contributed by atoms with van der Waals surface area (Å²) >= 11 is 0. The largest absolute Gasteiger partial charge is 0.370 e. The van der Waals surface area contributed by atoms with Crippen molar-refractivity contribution in [2.24, 2.45) is 5.73 Å². The van der Waals surface area contributed by atoms with Crippen LogP contribution in [0.15, 0.2) is 54.6 Å². The van der Waals surface area contributed by atoms with Crippen molar-refractivity contribution in [2.75, 3.05) is 0 Å². The molecule has 0 saturated heterocycles. The first kappa shape index (κ1) is 12.4. The Morgan fingerprint density at radius 1 is 1.00 bits per heavy atom. The van der Waals surface area contributed by atoms with Gasteiger partial charge < -0.3 is 5.73 Å². The van der Waals surface area contributed by atoms with E-state index in [1.165, 1.54) is 16.7 Å². The molecule has 1 radical (unpaired) electrons. The van der Waals surface area contributed by atoms with Crippen molar-refractivity contribution in [3.05, 3.63) is 66.6 Å². The fourth-order valence-corrected chi connectivity index (χ4v) is 1.97. The van der Waals surface area contributed by atoms with Gasteiger partial charge in [0, 0.05) is 6.42 Å². The molecule has 2 aromatic carbocycles. The third-order valence-electron chi connectivity index (χ3n) is 2.81. The second-order valence-electron chi connectivity index (χ2n) is 4.19. The Labute approximate surface area is 107 Å². The summed E-state index contributed by atoms with van der Waals surface area (Å²) in [5.41, 5.74) is 8.75. The lowest BCUT2D eigenvalue weighted by Gasteiger charge is -2.09. The van der Waals surface area contributed by atoms with Gasteiger partial charge >= 0.3 is 0 Å². The second-order valence-corrected chi connectivity index (χ2v) is 4.19. The highest BCUT2D eigenvalue weighted by Crippen LogP contribution is 2.24. The molecule has 18 heavy (non-hydrogen) atoms. The first-order chi connectivity index (χ1) is 8.77. The Balaban J connectivity index is 2.18. The number of amides is 1. The van der Waals surface area contributed by atoms with Crippen LogP contribution in [0.3, 0.4) is 0 Å². The van der Waals surface area contributed by atoms with Crippen LogP contribution in [-0.4, -0.2) is 5.91 Å². The molecule has 2 heteroatoms. The lowest BCUT2D eigenvalue weighted by atomic mass is 9.96. The molecule has 2 rings (SSSR count). The Kier molecular flexibility index (Phi) is 4.13. The zero-order chi connectivity index (χ0) is 12.8. The summed E-state index contributed by atoms with van der Waals surface area (Å²) in [4.78, 5) is 10.7. The van der Waals surface area contributed by atoms with Crippen LogP contribution < -0.4 is 5.73 Å². The maximum atomic E-state index is 10.7. The van der Waals surface area contributed by atoms with Crippen molar-refractivity contribution >= 4 is 5.91 Å². The second kappa shape index (κ2) is 6.01. The molecule has 0 saturated carbocycles. The molecule has 0 unspecified atom stereocenters. The van der Waals surface area contributed by atoms with Crippen molar-refractivity contribution in [2.45, 2.75) is 12.8 Å². The van der Waals surface area contributed by atoms with E-state index in [0.29, 0.717) is 6.42 Å². The fourth-order valence-electron chi connectivity index (χ4n) is 1.97. The van der Waals surface area contributed by atoms with E-state index in [4.69, 9.17) is 5.73 Å². The maximum Gasteiger partial charge on any atom is 0.217 e. The summed E-state index contributed by atoms with van der Waals surface area (Å²) in [6, 6.07) is 18.5. The SMILES string of the molecule is NC(=O)C[CH]Cc1ccccc1-c1ccccc1. The number of rotatable bonds is 5. The van der Waals surface area contributed by atoms with E-state index in [1.54, 1.807) is 0 Å². The molecule has 0 bridgehead atoms. The summed E-state index contributed by atoms with van der Waals surface area (Å²) in [6.45, 7) is 0. The Bertz CT molecular complexity index is 520. The third-order valence-corrected chi connectivity index (χ3v) is 2.81. The minimum absolute atomic E-state index is 0.285. The van der Waals surface area contributed by atoms with Crippen molar-refractivity contribution in [1.29, 1.82) is 0 Å². The molecule has 0 atom stereocenters. The highest BCUT2D eigenvalue weighted by molar-refractivity contribution is 5.75. The lowest BCUT2D eigenvalue weighted by Crippen LogP contribution is -2.10. The number of hydrogen-bond donors (Lipinski definition) is 1. The zero-order valence-electron chi connectivity index (χ0n) is 10.2. The van der Waals surface area contributed by atoms with Crippen LogP contribution in [0, 0.1) is 6.42 Å². The summed E-state index contributed by atoms with van der Waals surface area (Å²) in [5, 5.41) is 0. The van der Waals surface area contributed by atoms with Crippen molar-refractivity contribution < 1.29 is 4.79 Å². The summed E-state index contributed by atoms with van der Waals surface area (Å²) in [6.07, 6.45) is 3.00. The van der Waals surface area contributed by atoms with E-state index >= 15 is 0 Å². The van der Waals surface area contributed by atoms with Gasteiger partial charge in [0.2, 0.25) is 5.91 Å². The average molecular weight is 238 g/mol. The molecular weight excluding hydrogens is 222 g/mol. The quantitative estimate of drug-likeness (QED) is 0.855. The topological polar surface area (TPSA) is 43.1 Å². The fraction of sp³-hybridized carbons (Fsp3) is 0.125. The standard InChI is InChI=1S/C16H16NO/c17-16(18)12-6-10-14-9-4-5-11-15(14)13-7-2-1-3-8-13/h1-9,11H,10,12H2,(H2,17,18). The van der Waals surface area contributed by atoms with E-state index in [-0.39, 0.29) is 5.91 Å². The average Bonchev–Trinajstić information content (AvgIpc) is 2.40. The highest BCUT2D eigenvalue weighted by atomic mass is 16.1. The minimum atomic E-state index is -0.285. The summed E-state index contributed by atoms with van der Waals surface area (Å²) in [7, 11) is 0. The molecule has 2 aromatic rings. The van der Waals surface area contributed by atoms with Gasteiger partial charge in [-0.1, -0.05) is 54.6 Å². The van der Waals surface area contributed by atoms with Gasteiger partial charge in [-0.15, -0.1) is 0 Å². The monoisotopic (exact) mass is 238 g/mol. The summed E-state index contributed by atoms with van der Waals surface area (Å²) in [5.74, 6) is -0.285. The van der Waals surface area contributed by atoms with E-state index in [9.17, 15) is 4.79 Å². The van der Waals surface area contributed by atoms with Crippen molar-refractivity contribution in [3.63, 3.8) is 0 Å². The van der Waals surface area contributed by atoms with Crippen molar-refractivity contribution in [1.82, 2.24) is 0 Å². The normalized spacial score (nSPS) is 10.2. The number of benzene rings is 2. The predicted octanol–water partition coefficient (Wildman–Crippen LogP) is 2.98. The first-order valence-corrected chi connectivity index (χ1v) is 6.00. The molecule has 91 valence electrons. The van der Waals surface area contributed by atoms with Crippen LogP contribution >= 0.6 is 0 Å². The predicted molar refractivity (Wildman–Crippen MR) is 73.7 cm³/mol. The van der Waals surface area contributed by atoms with Gasteiger partial charge in [0.05, 0.1) is 0 Å². The van der Waals surface area contributed by atoms with Crippen LogP contribution in [0.2, 0.25) is 0 Å². The van der Waals surface area contributed by atoms with Gasteiger partial charge in [-0.2, -0.15) is 0 Å². The first-order valence-electron chi connectivity index (χ1n) is 6.00. The Hall–Kier alpha value is -2.09. The summed E-state index contributed by atoms with van der Waals surface area (Å²) < 4.78 is 0. The number of hydrogen-bond acceptors (Lipinski definition) is 1. The molecule has 0 aromatic heterocycles. The van der Waals surface area contributed by atoms with Crippen LogP contribution in [0.4, 0.5) is 0 Å². The maximum absolute atomic E-state index is 10.7. The van der Waals surface area contributed by atoms with Gasteiger partial charge in [0.15, 0.2) is 0 Å². The van der Waals surface area contributed by atoms with E-state index in [1.807, 2.05) is 36.8 Å². The van der Waals surface area contributed by atoms with Crippen LogP contribution in [-0.2, 0) is 11.2 Å². The van der Waals surface area contributed by atoms with Crippen LogP contribution in [0.25, 0.3) is 11.1 Å². The Morgan fingerprint density at radius 3 is 2.39 bits per heavy atom. The molecule has 0 heterocycles. The molecule has 0 fully saturated rings. The third kappa shape index (κ3) is 3.20. The molecule has 2 nitrogen and oxygen atoms in total. The number of primary amides is 1. The van der Waals surface area contributed by atoms with Gasteiger partial charge in [-0.05, 0) is 29.5 Å². The van der Waals surface area contributed by atoms with Gasteiger partial charge in [-0.25, -0.2) is 0 Å². The van der Waals surface area contributed by atoms with E-state index < -0.39 is 0 Å². The number of carbonyl (C=O) groups is 1. The van der Waals surface area contributed by atoms with Gasteiger partial charge in [0.25, 0.3) is 0 Å². The van der Waals surface area contributed by atoms with Gasteiger partial charge in [0.1, 0.15) is 0 Å². The van der Waals surface area contributed by atoms with Gasteiger partial charge in [-0.3, -0.25) is 4.79 Å². The number of nitrogens with two attached hydrogens (primary N) is 1. The Morgan fingerprint density at radius 2 is 1.67 bits per heavy atom. The van der Waals surface area contributed by atoms with E-state index in [2.05, 4.69) is 24.3 Å². The lowest BCUT2D eigenvalue weighted by molar-refractivity contribution is -0.117. The molecule has 0 aliphatic rings. The molecule has 0 aliphatic heterocycles. The van der Waals surface area contributed by atoms with Crippen LogP contribution in [0.5, 0.6) is 0 Å². The minimum Gasteiger partial charge on any atom is -0.370 e. The molecule has 1 amide bonds. The zero-order valence-corrected chi connectivity index (χ0v) is 10.2. The van der Waals surface area contributed by atoms with Crippen LogP contribution in [0.1, 0.15) is 12.0 Å². The molecule has 0 aliphatic carbocycles. The number of carbonyl (C=O) groups excluding carboxylic acids is 1. The smallest absolute Gasteiger partial charge is 0.217 e. The highest BCUT2D eigenvalue weighted by Gasteiger charge is 2.04. The molecule has 0 spiro atoms. The van der Waals surface area contributed by atoms with E-state index in [0.717, 1.165) is 6.42 Å². The van der Waals surface area contributed by atoms with Crippen molar-refractivity contribution in [3.8, 4) is 11.1 Å². The molecule has 2 N–H and O–H groups in total.